The topological polar surface area (TPSA) is 67.8 Å². The van der Waals surface area contributed by atoms with Crippen molar-refractivity contribution >= 4 is 33.1 Å². The Hall–Kier alpha value is -2.86. The molecule has 0 radical (unpaired) electrons. The van der Waals surface area contributed by atoms with E-state index in [1.807, 2.05) is 36.4 Å². The summed E-state index contributed by atoms with van der Waals surface area (Å²) in [6.45, 7) is 1.59. The van der Waals surface area contributed by atoms with Gasteiger partial charge >= 0.3 is 0 Å². The summed E-state index contributed by atoms with van der Waals surface area (Å²) in [6, 6.07) is 21.7. The van der Waals surface area contributed by atoms with Crippen LogP contribution in [0.1, 0.15) is 43.0 Å². The lowest BCUT2D eigenvalue weighted by Gasteiger charge is -2.27. The van der Waals surface area contributed by atoms with Gasteiger partial charge in [0, 0.05) is 17.3 Å². The number of Topliss-reactive ketones (excluding diaryl/α,β-unsaturated/α-hetero) is 1. The van der Waals surface area contributed by atoms with Crippen molar-refractivity contribution in [3.05, 3.63) is 72.3 Å². The van der Waals surface area contributed by atoms with Gasteiger partial charge in [-0.1, -0.05) is 36.4 Å². The Morgan fingerprint density at radius 1 is 0.967 bits per heavy atom. The number of thiol groups is 1. The normalized spacial score (nSPS) is 20.0. The fraction of sp³-hybridized carbons (Fsp3) is 0.292. The van der Waals surface area contributed by atoms with E-state index in [1.165, 1.54) is 0 Å². The summed E-state index contributed by atoms with van der Waals surface area (Å²) in [7, 11) is -2.04. The van der Waals surface area contributed by atoms with E-state index < -0.39 is 10.9 Å². The highest BCUT2D eigenvalue weighted by molar-refractivity contribution is 7.70. The Bertz CT molecular complexity index is 1120. The molecule has 156 valence electrons. The number of hydrogen-bond donors (Lipinski definition) is 2. The van der Waals surface area contributed by atoms with Crippen LogP contribution in [0.3, 0.4) is 0 Å². The van der Waals surface area contributed by atoms with Crippen molar-refractivity contribution in [3.63, 3.8) is 0 Å². The Morgan fingerprint density at radius 2 is 1.67 bits per heavy atom. The van der Waals surface area contributed by atoms with Crippen molar-refractivity contribution in [1.82, 2.24) is 0 Å². The maximum Gasteiger partial charge on any atom is 0.195 e. The van der Waals surface area contributed by atoms with E-state index in [1.54, 1.807) is 19.1 Å². The third-order valence-electron chi connectivity index (χ3n) is 5.50. The molecule has 1 N–H and O–H groups in total. The molecule has 5 nitrogen and oxygen atoms in total. The van der Waals surface area contributed by atoms with Crippen LogP contribution in [0.25, 0.3) is 10.8 Å². The number of para-hydroxylation sites is 1. The summed E-state index contributed by atoms with van der Waals surface area (Å²) in [5.74, 6) is 0.668. The molecule has 3 aromatic carbocycles. The molecule has 1 saturated carbocycles. The molecule has 4 rings (SSSR count). The van der Waals surface area contributed by atoms with Gasteiger partial charge in [-0.25, -0.2) is 8.57 Å². The second kappa shape index (κ2) is 9.30. The third kappa shape index (κ3) is 5.19. The van der Waals surface area contributed by atoms with Crippen molar-refractivity contribution in [2.75, 3.05) is 5.32 Å². The van der Waals surface area contributed by atoms with E-state index in [-0.39, 0.29) is 11.8 Å². The highest BCUT2D eigenvalue weighted by Crippen LogP contribution is 2.27. The molecule has 0 saturated heterocycles. The van der Waals surface area contributed by atoms with E-state index in [0.29, 0.717) is 11.8 Å². The Morgan fingerprint density at radius 3 is 2.40 bits per heavy atom. The average Bonchev–Trinajstić information content (AvgIpc) is 2.75. The first-order valence-electron chi connectivity index (χ1n) is 10.3. The van der Waals surface area contributed by atoms with Crippen LogP contribution in [-0.4, -0.2) is 22.1 Å². The molecular formula is C24H26N2O3S. The molecule has 1 atom stereocenters. The van der Waals surface area contributed by atoms with Gasteiger partial charge in [0.1, 0.15) is 5.75 Å². The SMILES string of the molecule is CC(=O)c1ccc2cc(NC3CCC(N=[SH](=O)Oc4ccccc4)CC3)ccc2c1. The lowest BCUT2D eigenvalue weighted by molar-refractivity contribution is 0.101. The van der Waals surface area contributed by atoms with Gasteiger partial charge in [-0.3, -0.25) is 4.79 Å². The van der Waals surface area contributed by atoms with Gasteiger partial charge in [0.05, 0.1) is 6.04 Å². The van der Waals surface area contributed by atoms with E-state index in [0.717, 1.165) is 47.7 Å². The van der Waals surface area contributed by atoms with Crippen molar-refractivity contribution in [1.29, 1.82) is 0 Å². The molecule has 0 bridgehead atoms. The first-order valence-corrected chi connectivity index (χ1v) is 11.4. The van der Waals surface area contributed by atoms with Crippen LogP contribution < -0.4 is 9.50 Å². The average molecular weight is 423 g/mol. The van der Waals surface area contributed by atoms with Gasteiger partial charge in [-0.2, -0.15) is 0 Å². The maximum atomic E-state index is 12.2. The molecule has 3 aromatic rings. The minimum atomic E-state index is -2.04. The number of nitrogens with one attached hydrogen (secondary N) is 1. The van der Waals surface area contributed by atoms with Gasteiger partial charge in [0.25, 0.3) is 0 Å². The van der Waals surface area contributed by atoms with E-state index in [9.17, 15) is 9.00 Å². The summed E-state index contributed by atoms with van der Waals surface area (Å²) in [6.07, 6.45) is 3.74. The van der Waals surface area contributed by atoms with E-state index >= 15 is 0 Å². The number of carbonyl (C=O) groups excluding carboxylic acids is 1. The van der Waals surface area contributed by atoms with Gasteiger partial charge in [-0.15, -0.1) is 0 Å². The Labute approximate surface area is 178 Å². The van der Waals surface area contributed by atoms with Crippen LogP contribution in [0.15, 0.2) is 71.1 Å². The summed E-state index contributed by atoms with van der Waals surface area (Å²) in [5.41, 5.74) is 1.82. The number of carbonyl (C=O) groups is 1. The van der Waals surface area contributed by atoms with Crippen molar-refractivity contribution in [2.24, 2.45) is 4.36 Å². The number of anilines is 1. The predicted octanol–water partition coefficient (Wildman–Crippen LogP) is 5.42. The highest BCUT2D eigenvalue weighted by Gasteiger charge is 2.21. The van der Waals surface area contributed by atoms with Crippen molar-refractivity contribution in [2.45, 2.75) is 44.7 Å². The molecule has 0 aliphatic heterocycles. The zero-order valence-electron chi connectivity index (χ0n) is 17.0. The van der Waals surface area contributed by atoms with Crippen LogP contribution in [0.5, 0.6) is 5.75 Å². The summed E-state index contributed by atoms with van der Waals surface area (Å²) >= 11 is 0. The molecule has 6 heteroatoms. The predicted molar refractivity (Wildman–Crippen MR) is 123 cm³/mol. The molecule has 30 heavy (non-hydrogen) atoms. The monoisotopic (exact) mass is 422 g/mol. The molecule has 1 unspecified atom stereocenters. The van der Waals surface area contributed by atoms with Gasteiger partial charge in [0.2, 0.25) is 0 Å². The number of benzene rings is 3. The van der Waals surface area contributed by atoms with Gasteiger partial charge in [-0.05, 0) is 73.7 Å². The minimum absolute atomic E-state index is 0.0805. The lowest BCUT2D eigenvalue weighted by Crippen LogP contribution is -2.27. The summed E-state index contributed by atoms with van der Waals surface area (Å²) in [5, 5.41) is 5.79. The van der Waals surface area contributed by atoms with Crippen LogP contribution in [0.4, 0.5) is 5.69 Å². The number of ketones is 1. The molecule has 1 aliphatic rings. The van der Waals surface area contributed by atoms with E-state index in [2.05, 4.69) is 27.9 Å². The summed E-state index contributed by atoms with van der Waals surface area (Å²) < 4.78 is 21.9. The molecule has 0 heterocycles. The zero-order valence-corrected chi connectivity index (χ0v) is 17.8. The fourth-order valence-corrected chi connectivity index (χ4v) is 4.70. The number of rotatable bonds is 6. The van der Waals surface area contributed by atoms with Crippen LogP contribution in [0, 0.1) is 0 Å². The largest absolute Gasteiger partial charge is 0.398 e. The maximum absolute atomic E-state index is 12.2. The number of hydrogen-bond acceptors (Lipinski definition) is 5. The smallest absolute Gasteiger partial charge is 0.195 e. The fourth-order valence-electron chi connectivity index (χ4n) is 3.85. The van der Waals surface area contributed by atoms with Crippen LogP contribution in [-0.2, 0) is 10.9 Å². The van der Waals surface area contributed by atoms with Crippen molar-refractivity contribution in [3.8, 4) is 5.75 Å². The molecular weight excluding hydrogens is 396 g/mol. The molecule has 0 aromatic heterocycles. The van der Waals surface area contributed by atoms with Gasteiger partial charge < -0.3 is 9.50 Å². The molecule has 1 aliphatic carbocycles. The Balaban J connectivity index is 1.33. The van der Waals surface area contributed by atoms with Crippen LogP contribution >= 0.6 is 0 Å². The quantitative estimate of drug-likeness (QED) is 0.411. The summed E-state index contributed by atoms with van der Waals surface area (Å²) in [4.78, 5) is 11.6. The highest BCUT2D eigenvalue weighted by atomic mass is 32.2. The molecule has 0 amide bonds. The van der Waals surface area contributed by atoms with Crippen LogP contribution in [0.2, 0.25) is 0 Å². The van der Waals surface area contributed by atoms with E-state index in [4.69, 9.17) is 4.18 Å². The standard InChI is InChI=1S/C24H26N2O3S/c1-17(27)18-7-8-20-16-23(10-9-19(20)15-18)25-21-11-13-22(14-12-21)26-30(28)29-24-5-3-2-4-6-24/h2-10,15-16,21-22,25,30H,11-14H2,1H3. The Kier molecular flexibility index (Phi) is 6.33. The zero-order chi connectivity index (χ0) is 20.9. The molecule has 0 spiro atoms. The number of fused-ring (bicyclic) bond motifs is 1. The molecule has 1 fully saturated rings. The third-order valence-corrected chi connectivity index (χ3v) is 6.38. The van der Waals surface area contributed by atoms with Gasteiger partial charge in [0.15, 0.2) is 16.7 Å². The first kappa shape index (κ1) is 20.4. The van der Waals surface area contributed by atoms with Crippen molar-refractivity contribution < 1.29 is 13.2 Å². The lowest BCUT2D eigenvalue weighted by atomic mass is 9.91. The minimum Gasteiger partial charge on any atom is -0.398 e. The first-order chi connectivity index (χ1) is 14.6. The number of nitrogens with zero attached hydrogens (tertiary/aromatic N) is 1. The second-order valence-electron chi connectivity index (χ2n) is 7.74. The second-order valence-corrected chi connectivity index (χ2v) is 8.63.